The lowest BCUT2D eigenvalue weighted by Gasteiger charge is -2.21. The molecule has 1 amide bonds. The fraction of sp³-hybridized carbons (Fsp3) is 0.235. The molecule has 22 heavy (non-hydrogen) atoms. The molecule has 0 aliphatic heterocycles. The van der Waals surface area contributed by atoms with Gasteiger partial charge in [0.25, 0.3) is 11.5 Å². The minimum atomic E-state index is -0.476. The number of hydrogen-bond donors (Lipinski definition) is 1. The zero-order chi connectivity index (χ0) is 15.7. The number of rotatable bonds is 2. The molecule has 1 heterocycles. The van der Waals surface area contributed by atoms with Crippen LogP contribution in [-0.4, -0.2) is 23.3 Å². The second-order valence-electron chi connectivity index (χ2n) is 5.25. The van der Waals surface area contributed by atoms with Crippen LogP contribution in [0.3, 0.4) is 0 Å². The highest BCUT2D eigenvalue weighted by Crippen LogP contribution is 2.23. The Morgan fingerprint density at radius 3 is 2.55 bits per heavy atom. The highest BCUT2D eigenvalue weighted by molar-refractivity contribution is 6.01. The first-order valence-electron chi connectivity index (χ1n) is 7.23. The van der Waals surface area contributed by atoms with Crippen molar-refractivity contribution in [3.63, 3.8) is 0 Å². The molecule has 0 unspecified atom stereocenters. The van der Waals surface area contributed by atoms with Crippen molar-refractivity contribution in [3.05, 3.63) is 63.6 Å². The summed E-state index contributed by atoms with van der Waals surface area (Å²) in [6, 6.07) is 10.5. The number of hydrogen-bond acceptors (Lipinski definition) is 3. The number of aromatic nitrogens is 1. The lowest BCUT2D eigenvalue weighted by Crippen LogP contribution is -2.34. The van der Waals surface area contributed by atoms with Crippen LogP contribution in [0.25, 0.3) is 5.69 Å². The van der Waals surface area contributed by atoms with Crippen molar-refractivity contribution >= 4 is 11.7 Å². The van der Waals surface area contributed by atoms with E-state index in [1.54, 1.807) is 12.1 Å². The molecule has 0 saturated heterocycles. The molecule has 5 heteroatoms. The standard InChI is InChI=1S/C17H16N2O3/c1-18-16(21)13-10-12-14(8-5-9-15(12)20)19(17(13)22)11-6-3-2-4-7-11/h2-4,6-7,10H,5,8-9H2,1H3,(H,18,21). The Morgan fingerprint density at radius 2 is 1.86 bits per heavy atom. The van der Waals surface area contributed by atoms with Crippen LogP contribution in [0.2, 0.25) is 0 Å². The number of para-hydroxylation sites is 1. The maximum absolute atomic E-state index is 12.7. The highest BCUT2D eigenvalue weighted by atomic mass is 16.2. The molecule has 112 valence electrons. The zero-order valence-corrected chi connectivity index (χ0v) is 12.3. The third-order valence-corrected chi connectivity index (χ3v) is 3.91. The van der Waals surface area contributed by atoms with Gasteiger partial charge in [-0.25, -0.2) is 0 Å². The van der Waals surface area contributed by atoms with Crippen LogP contribution in [0, 0.1) is 0 Å². The van der Waals surface area contributed by atoms with Gasteiger partial charge in [0.1, 0.15) is 5.56 Å². The Balaban J connectivity index is 2.36. The summed E-state index contributed by atoms with van der Waals surface area (Å²) in [5, 5.41) is 2.46. The molecule has 0 bridgehead atoms. The maximum Gasteiger partial charge on any atom is 0.268 e. The van der Waals surface area contributed by atoms with E-state index in [1.165, 1.54) is 17.7 Å². The molecule has 0 saturated carbocycles. The molecule has 0 radical (unpaired) electrons. The molecule has 1 aliphatic carbocycles. The lowest BCUT2D eigenvalue weighted by atomic mass is 9.92. The number of carbonyl (C=O) groups excluding carboxylic acids is 2. The molecular weight excluding hydrogens is 280 g/mol. The molecule has 0 spiro atoms. The fourth-order valence-corrected chi connectivity index (χ4v) is 2.84. The van der Waals surface area contributed by atoms with Crippen LogP contribution in [0.5, 0.6) is 0 Å². The van der Waals surface area contributed by atoms with Crippen LogP contribution in [0.1, 0.15) is 39.3 Å². The van der Waals surface area contributed by atoms with E-state index in [0.717, 1.165) is 6.42 Å². The summed E-state index contributed by atoms with van der Waals surface area (Å²) in [5.41, 5.74) is 1.46. The minimum absolute atomic E-state index is 0.000327. The highest BCUT2D eigenvalue weighted by Gasteiger charge is 2.25. The predicted molar refractivity (Wildman–Crippen MR) is 82.7 cm³/mol. The van der Waals surface area contributed by atoms with Crippen LogP contribution < -0.4 is 10.9 Å². The van der Waals surface area contributed by atoms with Gasteiger partial charge in [-0.1, -0.05) is 18.2 Å². The van der Waals surface area contributed by atoms with Crippen molar-refractivity contribution in [2.45, 2.75) is 19.3 Å². The molecule has 0 fully saturated rings. The number of amides is 1. The number of carbonyl (C=O) groups is 2. The van der Waals surface area contributed by atoms with Gasteiger partial charge in [0, 0.05) is 30.4 Å². The normalized spacial score (nSPS) is 13.6. The molecule has 3 rings (SSSR count). The summed E-state index contributed by atoms with van der Waals surface area (Å²) in [6.07, 6.45) is 1.82. The molecular formula is C17H16N2O3. The van der Waals surface area contributed by atoms with E-state index in [9.17, 15) is 14.4 Å². The Labute approximate surface area is 127 Å². The molecule has 1 N–H and O–H groups in total. The van der Waals surface area contributed by atoms with Crippen molar-refractivity contribution in [2.75, 3.05) is 7.05 Å². The summed E-state index contributed by atoms with van der Waals surface area (Å²) >= 11 is 0. The van der Waals surface area contributed by atoms with Crippen molar-refractivity contribution in [3.8, 4) is 5.69 Å². The number of ketones is 1. The summed E-state index contributed by atoms with van der Waals surface area (Å²) in [4.78, 5) is 36.9. The van der Waals surface area contributed by atoms with Gasteiger partial charge in [0.2, 0.25) is 0 Å². The van der Waals surface area contributed by atoms with E-state index < -0.39 is 5.91 Å². The number of fused-ring (bicyclic) bond motifs is 1. The zero-order valence-electron chi connectivity index (χ0n) is 12.3. The van der Waals surface area contributed by atoms with E-state index in [-0.39, 0.29) is 16.9 Å². The number of nitrogens with one attached hydrogen (secondary N) is 1. The number of Topliss-reactive ketones (excluding diaryl/α,β-unsaturated/α-hetero) is 1. The van der Waals surface area contributed by atoms with Gasteiger partial charge in [-0.05, 0) is 31.0 Å². The fourth-order valence-electron chi connectivity index (χ4n) is 2.84. The van der Waals surface area contributed by atoms with Gasteiger partial charge in [-0.15, -0.1) is 0 Å². The van der Waals surface area contributed by atoms with E-state index in [4.69, 9.17) is 0 Å². The summed E-state index contributed by atoms with van der Waals surface area (Å²) in [5.74, 6) is -0.494. The van der Waals surface area contributed by atoms with Crippen molar-refractivity contribution < 1.29 is 9.59 Å². The average molecular weight is 296 g/mol. The summed E-state index contributed by atoms with van der Waals surface area (Å²) in [7, 11) is 1.47. The summed E-state index contributed by atoms with van der Waals surface area (Å²) in [6.45, 7) is 0. The van der Waals surface area contributed by atoms with Gasteiger partial charge < -0.3 is 5.32 Å². The van der Waals surface area contributed by atoms with Crippen LogP contribution in [0.15, 0.2) is 41.2 Å². The topological polar surface area (TPSA) is 68.2 Å². The van der Waals surface area contributed by atoms with Gasteiger partial charge in [0.05, 0.1) is 0 Å². The second-order valence-corrected chi connectivity index (χ2v) is 5.25. The number of benzene rings is 1. The Kier molecular flexibility index (Phi) is 3.63. The molecule has 0 atom stereocenters. The third-order valence-electron chi connectivity index (χ3n) is 3.91. The molecule has 1 aromatic carbocycles. The van der Waals surface area contributed by atoms with E-state index in [1.807, 2.05) is 18.2 Å². The first-order valence-corrected chi connectivity index (χ1v) is 7.23. The lowest BCUT2D eigenvalue weighted by molar-refractivity contribution is 0.0961. The number of pyridine rings is 1. The van der Waals surface area contributed by atoms with Gasteiger partial charge in [-0.2, -0.15) is 0 Å². The third kappa shape index (κ3) is 2.24. The summed E-state index contributed by atoms with van der Waals surface area (Å²) < 4.78 is 1.50. The van der Waals surface area contributed by atoms with Crippen molar-refractivity contribution in [2.24, 2.45) is 0 Å². The smallest absolute Gasteiger partial charge is 0.268 e. The van der Waals surface area contributed by atoms with Crippen LogP contribution in [0.4, 0.5) is 0 Å². The monoisotopic (exact) mass is 296 g/mol. The van der Waals surface area contributed by atoms with E-state index in [2.05, 4.69) is 5.32 Å². The average Bonchev–Trinajstić information content (AvgIpc) is 2.55. The van der Waals surface area contributed by atoms with Crippen molar-refractivity contribution in [1.82, 2.24) is 9.88 Å². The Bertz CT molecular complexity index is 807. The first-order chi connectivity index (χ1) is 10.6. The Hall–Kier alpha value is -2.69. The maximum atomic E-state index is 12.7. The van der Waals surface area contributed by atoms with Gasteiger partial charge in [0.15, 0.2) is 5.78 Å². The van der Waals surface area contributed by atoms with Crippen LogP contribution in [-0.2, 0) is 6.42 Å². The second kappa shape index (κ2) is 5.60. The van der Waals surface area contributed by atoms with Crippen LogP contribution >= 0.6 is 0 Å². The Morgan fingerprint density at radius 1 is 1.14 bits per heavy atom. The largest absolute Gasteiger partial charge is 0.355 e. The SMILES string of the molecule is CNC(=O)c1cc2c(n(-c3ccccc3)c1=O)CCCC2=O. The molecule has 1 aromatic heterocycles. The van der Waals surface area contributed by atoms with E-state index >= 15 is 0 Å². The van der Waals surface area contributed by atoms with Gasteiger partial charge in [-0.3, -0.25) is 19.0 Å². The first kappa shape index (κ1) is 14.3. The van der Waals surface area contributed by atoms with E-state index in [0.29, 0.717) is 29.8 Å². The minimum Gasteiger partial charge on any atom is -0.355 e. The quantitative estimate of drug-likeness (QED) is 0.917. The van der Waals surface area contributed by atoms with Crippen molar-refractivity contribution in [1.29, 1.82) is 0 Å². The molecule has 5 nitrogen and oxygen atoms in total. The van der Waals surface area contributed by atoms with Gasteiger partial charge >= 0.3 is 0 Å². The molecule has 2 aromatic rings. The molecule has 1 aliphatic rings. The predicted octanol–water partition coefficient (Wildman–Crippen LogP) is 1.72. The number of nitrogens with zero attached hydrogens (tertiary/aromatic N) is 1.